The van der Waals surface area contributed by atoms with Gasteiger partial charge in [-0.25, -0.2) is 9.48 Å². The van der Waals surface area contributed by atoms with Gasteiger partial charge in [0, 0.05) is 41.4 Å². The Morgan fingerprint density at radius 2 is 1.69 bits per heavy atom. The van der Waals surface area contributed by atoms with Crippen LogP contribution in [0.15, 0.2) is 94.3 Å². The number of nitrogens with zero attached hydrogens (tertiary/aromatic N) is 5. The van der Waals surface area contributed by atoms with Crippen molar-refractivity contribution in [3.63, 3.8) is 0 Å². The summed E-state index contributed by atoms with van der Waals surface area (Å²) in [5.41, 5.74) is 4.44. The first-order chi connectivity index (χ1) is 20.3. The summed E-state index contributed by atoms with van der Waals surface area (Å²) in [4.78, 5) is 42.9. The number of benzene rings is 3. The molecule has 8 nitrogen and oxygen atoms in total. The minimum atomic E-state index is -0.296. The van der Waals surface area contributed by atoms with Crippen molar-refractivity contribution < 1.29 is 9.59 Å². The molecule has 10 heteroatoms. The van der Waals surface area contributed by atoms with Crippen LogP contribution in [-0.4, -0.2) is 42.0 Å². The van der Waals surface area contributed by atoms with E-state index in [9.17, 15) is 14.4 Å². The summed E-state index contributed by atoms with van der Waals surface area (Å²) in [6, 6.07) is 24.2. The minimum Gasteiger partial charge on any atom is -0.331 e. The highest BCUT2D eigenvalue weighted by Gasteiger charge is 2.32. The van der Waals surface area contributed by atoms with Crippen molar-refractivity contribution in [2.75, 3.05) is 6.54 Å². The molecule has 0 bridgehead atoms. The first kappa shape index (κ1) is 27.9. The number of rotatable bonds is 7. The molecular weight excluding hydrogens is 618 g/mol. The Labute approximate surface area is 255 Å². The molecule has 0 fully saturated rings. The van der Waals surface area contributed by atoms with Gasteiger partial charge in [0.1, 0.15) is 5.69 Å². The van der Waals surface area contributed by atoms with E-state index in [1.165, 1.54) is 4.57 Å². The molecule has 212 valence electrons. The zero-order valence-electron chi connectivity index (χ0n) is 22.8. The molecule has 5 aromatic rings. The molecule has 2 aromatic heterocycles. The van der Waals surface area contributed by atoms with Crippen LogP contribution in [-0.2, 0) is 19.5 Å². The number of fused-ring (bicyclic) bond motifs is 1. The van der Waals surface area contributed by atoms with E-state index in [1.807, 2.05) is 67.6 Å². The fraction of sp³-hybridized carbons (Fsp3) is 0.188. The Morgan fingerprint density at radius 3 is 2.38 bits per heavy atom. The van der Waals surface area contributed by atoms with Crippen LogP contribution >= 0.6 is 27.5 Å². The van der Waals surface area contributed by atoms with Gasteiger partial charge >= 0.3 is 5.69 Å². The van der Waals surface area contributed by atoms with Crippen LogP contribution in [0.1, 0.15) is 44.2 Å². The Balaban J connectivity index is 1.39. The molecule has 1 amide bonds. The average molecular weight is 645 g/mol. The number of aromatic nitrogens is 4. The van der Waals surface area contributed by atoms with Gasteiger partial charge in [0.15, 0.2) is 5.78 Å². The monoisotopic (exact) mass is 643 g/mol. The number of carbonyl (C=O) groups is 2. The smallest absolute Gasteiger partial charge is 0.331 e. The Morgan fingerprint density at radius 1 is 0.952 bits per heavy atom. The molecule has 6 rings (SSSR count). The molecule has 0 spiro atoms. The largest absolute Gasteiger partial charge is 0.333 e. The van der Waals surface area contributed by atoms with Crippen LogP contribution in [0.25, 0.3) is 11.4 Å². The standard InChI is InChI=1S/C32H27BrClN5O3/c1-21-15-16-35-39(21)25-11-9-24(10-12-25)38-30(29(40)14-7-22-5-3-2-4-6-22)28-20-36(17-18-37(28)32(38)42)31(41)23-8-13-26(33)27(34)19-23/h2-6,8-13,15-16,19H,7,14,17-18,20H2,1H3. The summed E-state index contributed by atoms with van der Waals surface area (Å²) in [6.07, 6.45) is 2.49. The lowest BCUT2D eigenvalue weighted by Crippen LogP contribution is -2.41. The number of imidazole rings is 1. The third kappa shape index (κ3) is 5.26. The SMILES string of the molecule is Cc1ccnn1-c1ccc(-n2c(C(=O)CCc3ccccc3)c3n(c2=O)CCN(C(=O)c2ccc(Br)c(Cl)c2)C3)cc1. The number of hydrogen-bond acceptors (Lipinski definition) is 4. The fourth-order valence-electron chi connectivity index (χ4n) is 5.37. The normalized spacial score (nSPS) is 12.8. The zero-order valence-corrected chi connectivity index (χ0v) is 25.2. The molecule has 42 heavy (non-hydrogen) atoms. The number of Topliss-reactive ketones (excluding diaryl/α,β-unsaturated/α-hetero) is 1. The van der Waals surface area contributed by atoms with Crippen LogP contribution < -0.4 is 5.69 Å². The molecule has 0 unspecified atom stereocenters. The summed E-state index contributed by atoms with van der Waals surface area (Å²) in [5.74, 6) is -0.366. The predicted molar refractivity (Wildman–Crippen MR) is 165 cm³/mol. The van der Waals surface area contributed by atoms with E-state index in [0.29, 0.717) is 45.1 Å². The first-order valence-corrected chi connectivity index (χ1v) is 14.8. The van der Waals surface area contributed by atoms with E-state index in [-0.39, 0.29) is 36.9 Å². The van der Waals surface area contributed by atoms with Gasteiger partial charge in [-0.05, 0) is 83.4 Å². The quantitative estimate of drug-likeness (QED) is 0.203. The van der Waals surface area contributed by atoms with Gasteiger partial charge in [-0.2, -0.15) is 5.10 Å². The second kappa shape index (κ2) is 11.6. The molecule has 1 aliphatic heterocycles. The maximum absolute atomic E-state index is 13.9. The number of carbonyl (C=O) groups excluding carboxylic acids is 2. The van der Waals surface area contributed by atoms with Gasteiger partial charge in [-0.15, -0.1) is 0 Å². The van der Waals surface area contributed by atoms with Crippen molar-refractivity contribution in [2.45, 2.75) is 32.9 Å². The van der Waals surface area contributed by atoms with Crippen molar-refractivity contribution >= 4 is 39.2 Å². The third-order valence-electron chi connectivity index (χ3n) is 7.57. The van der Waals surface area contributed by atoms with Crippen molar-refractivity contribution in [3.05, 3.63) is 133 Å². The molecule has 0 saturated heterocycles. The Kier molecular flexibility index (Phi) is 7.70. The molecule has 0 N–H and O–H groups in total. The summed E-state index contributed by atoms with van der Waals surface area (Å²) in [5, 5.41) is 4.80. The molecule has 3 aromatic carbocycles. The lowest BCUT2D eigenvalue weighted by atomic mass is 10.0. The third-order valence-corrected chi connectivity index (χ3v) is 8.80. The highest BCUT2D eigenvalue weighted by molar-refractivity contribution is 9.10. The number of ketones is 1. The van der Waals surface area contributed by atoms with E-state index in [0.717, 1.165) is 16.9 Å². The number of aryl methyl sites for hydroxylation is 2. The van der Waals surface area contributed by atoms with Crippen LogP contribution in [0.5, 0.6) is 0 Å². The van der Waals surface area contributed by atoms with Gasteiger partial charge in [-0.3, -0.25) is 18.7 Å². The topological polar surface area (TPSA) is 82.1 Å². The molecule has 0 saturated carbocycles. The number of amides is 1. The lowest BCUT2D eigenvalue weighted by Gasteiger charge is -2.28. The molecule has 0 aliphatic carbocycles. The van der Waals surface area contributed by atoms with Gasteiger partial charge in [0.2, 0.25) is 0 Å². The van der Waals surface area contributed by atoms with Gasteiger partial charge < -0.3 is 4.90 Å². The summed E-state index contributed by atoms with van der Waals surface area (Å²) >= 11 is 9.62. The van der Waals surface area contributed by atoms with E-state index >= 15 is 0 Å². The highest BCUT2D eigenvalue weighted by Crippen LogP contribution is 2.27. The van der Waals surface area contributed by atoms with Gasteiger partial charge in [0.05, 0.1) is 28.6 Å². The van der Waals surface area contributed by atoms with Crippen LogP contribution in [0.4, 0.5) is 0 Å². The zero-order chi connectivity index (χ0) is 29.4. The fourth-order valence-corrected chi connectivity index (χ4v) is 5.80. The predicted octanol–water partition coefficient (Wildman–Crippen LogP) is 6.02. The number of hydrogen-bond donors (Lipinski definition) is 0. The van der Waals surface area contributed by atoms with E-state index in [1.54, 1.807) is 38.5 Å². The average Bonchev–Trinajstić information content (AvgIpc) is 3.57. The second-order valence-corrected chi connectivity index (χ2v) is 11.5. The van der Waals surface area contributed by atoms with Crippen LogP contribution in [0.3, 0.4) is 0 Å². The lowest BCUT2D eigenvalue weighted by molar-refractivity contribution is 0.0707. The molecular formula is C32H27BrClN5O3. The van der Waals surface area contributed by atoms with Crippen molar-refractivity contribution in [1.82, 2.24) is 23.8 Å². The van der Waals surface area contributed by atoms with Gasteiger partial charge in [0.25, 0.3) is 5.91 Å². The summed E-state index contributed by atoms with van der Waals surface area (Å²) in [7, 11) is 0. The Hall–Kier alpha value is -4.21. The van der Waals surface area contributed by atoms with Crippen molar-refractivity contribution in [1.29, 1.82) is 0 Å². The first-order valence-electron chi connectivity index (χ1n) is 13.6. The summed E-state index contributed by atoms with van der Waals surface area (Å²) < 4.78 is 5.62. The molecule has 0 atom stereocenters. The van der Waals surface area contributed by atoms with Crippen LogP contribution in [0.2, 0.25) is 5.02 Å². The highest BCUT2D eigenvalue weighted by atomic mass is 79.9. The molecule has 0 radical (unpaired) electrons. The van der Waals surface area contributed by atoms with E-state index in [4.69, 9.17) is 11.6 Å². The maximum Gasteiger partial charge on any atom is 0.333 e. The second-order valence-electron chi connectivity index (χ2n) is 10.2. The van der Waals surface area contributed by atoms with Gasteiger partial charge in [-0.1, -0.05) is 41.9 Å². The Bertz CT molecular complexity index is 1860. The van der Waals surface area contributed by atoms with Crippen molar-refractivity contribution in [3.8, 4) is 11.4 Å². The van der Waals surface area contributed by atoms with E-state index < -0.39 is 0 Å². The van der Waals surface area contributed by atoms with Crippen molar-refractivity contribution in [2.24, 2.45) is 0 Å². The minimum absolute atomic E-state index is 0.131. The van der Waals surface area contributed by atoms with E-state index in [2.05, 4.69) is 21.0 Å². The summed E-state index contributed by atoms with van der Waals surface area (Å²) in [6.45, 7) is 2.71. The van der Waals surface area contributed by atoms with Crippen LogP contribution in [0, 0.1) is 6.92 Å². The number of halogens is 2. The molecule has 3 heterocycles. The maximum atomic E-state index is 13.9. The molecule has 1 aliphatic rings.